The summed E-state index contributed by atoms with van der Waals surface area (Å²) in [5.74, 6) is 0.600. The number of amidine groups is 1. The van der Waals surface area contributed by atoms with Crippen LogP contribution in [0.1, 0.15) is 25.0 Å². The Morgan fingerprint density at radius 2 is 1.31 bits per heavy atom. The third-order valence-electron chi connectivity index (χ3n) is 7.56. The Labute approximate surface area is 238 Å². The minimum atomic E-state index is -1.16. The molecule has 0 aliphatic carbocycles. The molecule has 2 aliphatic heterocycles. The van der Waals surface area contributed by atoms with Gasteiger partial charge in [0.05, 0.1) is 11.1 Å². The van der Waals surface area contributed by atoms with E-state index in [0.29, 0.717) is 21.5 Å². The van der Waals surface area contributed by atoms with Gasteiger partial charge in [-0.2, -0.15) is 5.10 Å². The van der Waals surface area contributed by atoms with Crippen LogP contribution >= 0.6 is 23.8 Å². The van der Waals surface area contributed by atoms with Crippen molar-refractivity contribution in [3.8, 4) is 0 Å². The molecular weight excluding hydrogens is 524 g/mol. The Kier molecular flexibility index (Phi) is 6.05. The summed E-state index contributed by atoms with van der Waals surface area (Å²) in [4.78, 5) is 18.7. The third kappa shape index (κ3) is 3.70. The minimum absolute atomic E-state index is 0.114. The molecule has 1 spiro atoms. The van der Waals surface area contributed by atoms with Gasteiger partial charge < -0.3 is 0 Å². The van der Waals surface area contributed by atoms with Gasteiger partial charge in [0.2, 0.25) is 11.6 Å². The zero-order chi connectivity index (χ0) is 27.4. The number of aryl methyl sites for hydroxylation is 1. The van der Waals surface area contributed by atoms with Gasteiger partial charge in [-0.25, -0.2) is 5.01 Å². The molecule has 0 aromatic heterocycles. The Hall–Kier alpha value is -4.00. The fourth-order valence-corrected chi connectivity index (χ4v) is 6.30. The second-order valence-corrected chi connectivity index (χ2v) is 11.2. The predicted octanol–water partition coefficient (Wildman–Crippen LogP) is 7.43. The summed E-state index contributed by atoms with van der Waals surface area (Å²) in [6.07, 6.45) is 0. The SMILES string of the molecule is Cc1ccc(C2=NN(c3ccccc3)C3(C(=S)N(c4ccc(Cl)cc4)C(=O)C3(C)C)N2c2ccccc2)cc1. The molecule has 2 aliphatic rings. The van der Waals surface area contributed by atoms with Crippen molar-refractivity contribution in [1.82, 2.24) is 0 Å². The Morgan fingerprint density at radius 1 is 0.744 bits per heavy atom. The molecule has 0 radical (unpaired) electrons. The molecule has 1 fully saturated rings. The number of carbonyl (C=O) groups is 1. The largest absolute Gasteiger partial charge is 0.292 e. The van der Waals surface area contributed by atoms with E-state index in [2.05, 4.69) is 36.1 Å². The molecule has 0 bridgehead atoms. The van der Waals surface area contributed by atoms with Crippen molar-refractivity contribution in [3.63, 3.8) is 0 Å². The van der Waals surface area contributed by atoms with Crippen molar-refractivity contribution in [1.29, 1.82) is 0 Å². The average molecular weight is 551 g/mol. The van der Waals surface area contributed by atoms with E-state index in [9.17, 15) is 4.79 Å². The van der Waals surface area contributed by atoms with Gasteiger partial charge in [0.1, 0.15) is 4.99 Å². The molecule has 5 nitrogen and oxygen atoms in total. The van der Waals surface area contributed by atoms with Crippen LogP contribution in [0.15, 0.2) is 114 Å². The van der Waals surface area contributed by atoms with Gasteiger partial charge in [-0.3, -0.25) is 14.6 Å². The van der Waals surface area contributed by atoms with Gasteiger partial charge in [0.25, 0.3) is 0 Å². The number of hydrogen-bond donors (Lipinski definition) is 0. The zero-order valence-corrected chi connectivity index (χ0v) is 23.4. The van der Waals surface area contributed by atoms with Gasteiger partial charge in [-0.15, -0.1) is 0 Å². The lowest BCUT2D eigenvalue weighted by Crippen LogP contribution is -2.67. The topological polar surface area (TPSA) is 39.1 Å². The van der Waals surface area contributed by atoms with Crippen LogP contribution in [0.3, 0.4) is 0 Å². The number of halogens is 1. The summed E-state index contributed by atoms with van der Waals surface area (Å²) in [6.45, 7) is 5.97. The first-order valence-corrected chi connectivity index (χ1v) is 13.6. The molecule has 1 unspecified atom stereocenters. The summed E-state index contributed by atoms with van der Waals surface area (Å²) in [7, 11) is 0. The molecule has 0 N–H and O–H groups in total. The molecule has 4 aromatic carbocycles. The molecule has 1 amide bonds. The van der Waals surface area contributed by atoms with Crippen LogP contribution in [-0.2, 0) is 4.79 Å². The second-order valence-electron chi connectivity index (χ2n) is 10.3. The van der Waals surface area contributed by atoms with E-state index in [1.165, 1.54) is 0 Å². The van der Waals surface area contributed by atoms with E-state index in [-0.39, 0.29) is 5.91 Å². The fourth-order valence-electron chi connectivity index (χ4n) is 5.55. The number of hydrazone groups is 1. The van der Waals surface area contributed by atoms with Crippen LogP contribution in [0.25, 0.3) is 0 Å². The summed E-state index contributed by atoms with van der Waals surface area (Å²) < 4.78 is 0. The fraction of sp³-hybridized carbons (Fsp3) is 0.156. The highest BCUT2D eigenvalue weighted by molar-refractivity contribution is 7.81. The maximum absolute atomic E-state index is 14.4. The number of nitrogens with zero attached hydrogens (tertiary/aromatic N) is 4. The van der Waals surface area contributed by atoms with Gasteiger partial charge in [-0.1, -0.05) is 90.0 Å². The highest BCUT2D eigenvalue weighted by Gasteiger charge is 2.72. The number of amides is 1. The van der Waals surface area contributed by atoms with Crippen LogP contribution in [0.5, 0.6) is 0 Å². The lowest BCUT2D eigenvalue weighted by atomic mass is 9.78. The first-order chi connectivity index (χ1) is 18.8. The molecular formula is C32H27ClN4OS. The second kappa shape index (κ2) is 9.33. The van der Waals surface area contributed by atoms with Gasteiger partial charge in [0.15, 0.2) is 5.84 Å². The van der Waals surface area contributed by atoms with E-state index in [4.69, 9.17) is 28.9 Å². The van der Waals surface area contributed by atoms with E-state index in [1.54, 1.807) is 17.0 Å². The van der Waals surface area contributed by atoms with Crippen LogP contribution < -0.4 is 14.8 Å². The summed E-state index contributed by atoms with van der Waals surface area (Å²) in [6, 6.07) is 35.4. The summed E-state index contributed by atoms with van der Waals surface area (Å²) >= 11 is 12.5. The maximum Gasteiger partial charge on any atom is 0.242 e. The van der Waals surface area contributed by atoms with E-state index in [1.807, 2.05) is 91.7 Å². The van der Waals surface area contributed by atoms with E-state index >= 15 is 0 Å². The predicted molar refractivity (Wildman–Crippen MR) is 164 cm³/mol. The number of benzene rings is 4. The normalized spacial score (nSPS) is 20.2. The Bertz CT molecular complexity index is 1590. The molecule has 194 valence electrons. The van der Waals surface area contributed by atoms with Crippen LogP contribution in [0.2, 0.25) is 5.02 Å². The lowest BCUT2D eigenvalue weighted by molar-refractivity contribution is -0.125. The van der Waals surface area contributed by atoms with E-state index < -0.39 is 11.1 Å². The van der Waals surface area contributed by atoms with Crippen molar-refractivity contribution in [2.24, 2.45) is 10.5 Å². The molecule has 4 aromatic rings. The molecule has 39 heavy (non-hydrogen) atoms. The number of carbonyl (C=O) groups excluding carboxylic acids is 1. The lowest BCUT2D eigenvalue weighted by Gasteiger charge is -2.47. The van der Waals surface area contributed by atoms with E-state index in [0.717, 1.165) is 22.5 Å². The Balaban J connectivity index is 1.66. The Morgan fingerprint density at radius 3 is 1.90 bits per heavy atom. The maximum atomic E-state index is 14.4. The number of anilines is 3. The van der Waals surface area contributed by atoms with Crippen molar-refractivity contribution in [3.05, 3.63) is 125 Å². The molecule has 0 saturated carbocycles. The quantitative estimate of drug-likeness (QED) is 0.248. The molecule has 7 heteroatoms. The summed E-state index contributed by atoms with van der Waals surface area (Å²) in [5.41, 5.74) is 2.28. The smallest absolute Gasteiger partial charge is 0.242 e. The molecule has 6 rings (SSSR count). The number of hydrogen-bond acceptors (Lipinski definition) is 5. The van der Waals surface area contributed by atoms with Gasteiger partial charge >= 0.3 is 0 Å². The molecule has 1 atom stereocenters. The highest BCUT2D eigenvalue weighted by Crippen LogP contribution is 2.55. The zero-order valence-electron chi connectivity index (χ0n) is 21.9. The monoisotopic (exact) mass is 550 g/mol. The van der Waals surface area contributed by atoms with Crippen molar-refractivity contribution in [2.45, 2.75) is 26.4 Å². The van der Waals surface area contributed by atoms with Crippen molar-refractivity contribution < 1.29 is 4.79 Å². The van der Waals surface area contributed by atoms with Crippen LogP contribution in [0, 0.1) is 12.3 Å². The van der Waals surface area contributed by atoms with Crippen molar-refractivity contribution >= 4 is 57.6 Å². The molecule has 2 heterocycles. The third-order valence-corrected chi connectivity index (χ3v) is 8.28. The average Bonchev–Trinajstić information content (AvgIpc) is 3.39. The molecule has 1 saturated heterocycles. The minimum Gasteiger partial charge on any atom is -0.292 e. The standard InChI is InChI=1S/C32H27ClN4OS/c1-22-14-16-23(17-15-22)28-34-37(27-12-8-5-9-13-27)32(36(28)26-10-6-4-7-11-26)30(39)35(29(38)31(32,2)3)25-20-18-24(33)19-21-25/h4-21H,1-3H3. The van der Waals surface area contributed by atoms with Crippen LogP contribution in [-0.4, -0.2) is 22.4 Å². The highest BCUT2D eigenvalue weighted by atomic mass is 35.5. The number of thiocarbonyl (C=S) groups is 1. The van der Waals surface area contributed by atoms with Crippen molar-refractivity contribution in [2.75, 3.05) is 14.8 Å². The first kappa shape index (κ1) is 25.3. The van der Waals surface area contributed by atoms with Gasteiger partial charge in [-0.05, 0) is 69.3 Å². The van der Waals surface area contributed by atoms with Crippen LogP contribution in [0.4, 0.5) is 17.1 Å². The van der Waals surface area contributed by atoms with Gasteiger partial charge in [0, 0.05) is 22.0 Å². The number of rotatable bonds is 4. The first-order valence-electron chi connectivity index (χ1n) is 12.8. The number of para-hydroxylation sites is 2. The summed E-state index contributed by atoms with van der Waals surface area (Å²) in [5, 5.41) is 7.79.